The van der Waals surface area contributed by atoms with E-state index in [-0.39, 0.29) is 0 Å². The summed E-state index contributed by atoms with van der Waals surface area (Å²) in [6.07, 6.45) is 35.9. The summed E-state index contributed by atoms with van der Waals surface area (Å²) in [7, 11) is -0.976. The quantitative estimate of drug-likeness (QED) is 0.106. The Balaban J connectivity index is 4.03. The van der Waals surface area contributed by atoms with Gasteiger partial charge in [0.25, 0.3) is 0 Å². The molecule has 0 nitrogen and oxygen atoms in total. The molecule has 0 aromatic heterocycles. The van der Waals surface area contributed by atoms with Gasteiger partial charge in [0.1, 0.15) is 0 Å². The van der Waals surface area contributed by atoms with Crippen molar-refractivity contribution in [3.05, 3.63) is 0 Å². The Morgan fingerprint density at radius 2 is 0.517 bits per heavy atom. The maximum absolute atomic E-state index is 2.78. The molecule has 0 amide bonds. The molecule has 0 aliphatic rings. The molecule has 0 bridgehead atoms. The molecule has 0 saturated carbocycles. The fourth-order valence-corrected chi connectivity index (χ4v) is 8.96. The van der Waals surface area contributed by atoms with Crippen LogP contribution in [0.15, 0.2) is 0 Å². The minimum atomic E-state index is -0.976. The summed E-state index contributed by atoms with van der Waals surface area (Å²) >= 11 is 0. The van der Waals surface area contributed by atoms with E-state index in [0.717, 1.165) is 0 Å². The molecule has 0 atom stereocenters. The van der Waals surface area contributed by atoms with E-state index in [1.807, 2.05) is 0 Å². The molecule has 0 unspecified atom stereocenters. The molecule has 0 aliphatic heterocycles. The third-order valence-electron chi connectivity index (χ3n) is 7.15. The van der Waals surface area contributed by atoms with Gasteiger partial charge in [0.15, 0.2) is 0 Å². The molecule has 0 fully saturated rings. The molecule has 0 radical (unpaired) electrons. The maximum atomic E-state index is 2.78. The second-order valence-corrected chi connectivity index (χ2v) is 15.5. The Bertz CT molecular complexity index is 253. The second kappa shape index (κ2) is 23.1. The van der Waals surface area contributed by atoms with Gasteiger partial charge in [0.05, 0.1) is 0 Å². The molecule has 29 heavy (non-hydrogen) atoms. The third-order valence-corrected chi connectivity index (χ3v) is 11.8. The van der Waals surface area contributed by atoms with Gasteiger partial charge in [-0.25, -0.2) is 0 Å². The van der Waals surface area contributed by atoms with Gasteiger partial charge < -0.3 is 0 Å². The van der Waals surface area contributed by atoms with Crippen LogP contribution in [0, 0.1) is 0 Å². The van der Waals surface area contributed by atoms with E-state index in [0.29, 0.717) is 0 Å². The fourth-order valence-electron chi connectivity index (χ4n) is 4.90. The monoisotopic (exact) mass is 428 g/mol. The molecule has 0 heterocycles. The molecule has 0 saturated heterocycles. The van der Waals surface area contributed by atoms with Gasteiger partial charge in [-0.3, -0.25) is 0 Å². The van der Waals surface area contributed by atoms with Crippen LogP contribution in [0.2, 0.25) is 0 Å². The zero-order valence-corrected chi connectivity index (χ0v) is 22.5. The molecule has 0 aliphatic carbocycles. The van der Waals surface area contributed by atoms with E-state index in [1.54, 1.807) is 37.7 Å². The minimum absolute atomic E-state index is 0.976. The number of hydrogen-bond acceptors (Lipinski definition) is 0. The summed E-state index contributed by atoms with van der Waals surface area (Å²) in [5.41, 5.74) is 0. The van der Waals surface area contributed by atoms with E-state index in [9.17, 15) is 0 Å². The van der Waals surface area contributed by atoms with Crippen molar-refractivity contribution in [3.63, 3.8) is 0 Å². The van der Waals surface area contributed by atoms with Gasteiger partial charge in [0, 0.05) is 0 Å². The SMILES string of the molecule is CCCCCCCCC[PH](C)(CCCCCCCCC)CCCCCCCCC. The van der Waals surface area contributed by atoms with Crippen molar-refractivity contribution in [1.29, 1.82) is 0 Å². The molecule has 178 valence electrons. The molecule has 1 heteroatoms. The van der Waals surface area contributed by atoms with Crippen LogP contribution in [0.4, 0.5) is 0 Å². The van der Waals surface area contributed by atoms with Gasteiger partial charge in [-0.15, -0.1) is 0 Å². The van der Waals surface area contributed by atoms with E-state index in [2.05, 4.69) is 27.4 Å². The zero-order valence-electron chi connectivity index (χ0n) is 21.5. The zero-order chi connectivity index (χ0) is 21.5. The first-order valence-corrected chi connectivity index (χ1v) is 17.3. The fraction of sp³-hybridized carbons (Fsp3) is 1.00. The normalized spacial score (nSPS) is 12.6. The van der Waals surface area contributed by atoms with Crippen molar-refractivity contribution >= 4 is 7.26 Å². The number of rotatable bonds is 24. The molecule has 0 aromatic carbocycles. The number of unbranched alkanes of at least 4 members (excludes halogenated alkanes) is 18. The summed E-state index contributed by atoms with van der Waals surface area (Å²) < 4.78 is 0. The first kappa shape index (κ1) is 29.4. The Morgan fingerprint density at radius 3 is 0.759 bits per heavy atom. The van der Waals surface area contributed by atoms with Crippen LogP contribution in [-0.2, 0) is 0 Å². The van der Waals surface area contributed by atoms with Crippen molar-refractivity contribution in [2.45, 2.75) is 156 Å². The summed E-state index contributed by atoms with van der Waals surface area (Å²) in [6.45, 7) is 9.75. The van der Waals surface area contributed by atoms with Crippen LogP contribution >= 0.6 is 7.26 Å². The van der Waals surface area contributed by atoms with E-state index in [1.165, 1.54) is 116 Å². The number of hydrogen-bond donors (Lipinski definition) is 0. The van der Waals surface area contributed by atoms with Gasteiger partial charge >= 0.3 is 188 Å². The Kier molecular flexibility index (Phi) is 23.4. The van der Waals surface area contributed by atoms with Crippen molar-refractivity contribution in [1.82, 2.24) is 0 Å². The first-order valence-electron chi connectivity index (χ1n) is 14.2. The standard InChI is InChI=1S/C28H61P/c1-5-8-11-14-17-20-23-26-29(4,27-24-21-18-15-12-9-6-2)28-25-22-19-16-13-10-7-3/h29H,5-28H2,1-4H3. The van der Waals surface area contributed by atoms with Crippen LogP contribution < -0.4 is 0 Å². The Hall–Kier alpha value is 0.430. The van der Waals surface area contributed by atoms with Crippen molar-refractivity contribution in [3.8, 4) is 0 Å². The average Bonchev–Trinajstić information content (AvgIpc) is 2.72. The molecular formula is C28H61P. The summed E-state index contributed by atoms with van der Waals surface area (Å²) in [5, 5.41) is 0. The van der Waals surface area contributed by atoms with E-state index >= 15 is 0 Å². The van der Waals surface area contributed by atoms with Crippen molar-refractivity contribution in [2.24, 2.45) is 0 Å². The van der Waals surface area contributed by atoms with Crippen LogP contribution in [0.5, 0.6) is 0 Å². The van der Waals surface area contributed by atoms with Crippen LogP contribution in [0.3, 0.4) is 0 Å². The molecule has 0 spiro atoms. The van der Waals surface area contributed by atoms with Crippen LogP contribution in [-0.4, -0.2) is 25.2 Å². The predicted molar refractivity (Wildman–Crippen MR) is 143 cm³/mol. The van der Waals surface area contributed by atoms with Crippen molar-refractivity contribution in [2.75, 3.05) is 25.2 Å². The van der Waals surface area contributed by atoms with Gasteiger partial charge in [-0.1, -0.05) is 0 Å². The molecule has 0 rings (SSSR count). The summed E-state index contributed by atoms with van der Waals surface area (Å²) in [6, 6.07) is 0. The first-order chi connectivity index (χ1) is 14.2. The average molecular weight is 429 g/mol. The molecular weight excluding hydrogens is 367 g/mol. The van der Waals surface area contributed by atoms with Gasteiger partial charge in [-0.2, -0.15) is 0 Å². The second-order valence-electron chi connectivity index (χ2n) is 10.4. The van der Waals surface area contributed by atoms with Gasteiger partial charge in [0.2, 0.25) is 0 Å². The molecule has 0 N–H and O–H groups in total. The topological polar surface area (TPSA) is 0 Å². The van der Waals surface area contributed by atoms with Crippen molar-refractivity contribution < 1.29 is 0 Å². The van der Waals surface area contributed by atoms with E-state index in [4.69, 9.17) is 0 Å². The summed E-state index contributed by atoms with van der Waals surface area (Å²) in [5.74, 6) is 0. The molecule has 0 aromatic rings. The van der Waals surface area contributed by atoms with Gasteiger partial charge in [-0.05, 0) is 0 Å². The summed E-state index contributed by atoms with van der Waals surface area (Å²) in [4.78, 5) is 0. The Morgan fingerprint density at radius 1 is 0.310 bits per heavy atom. The third kappa shape index (κ3) is 21.4. The van der Waals surface area contributed by atoms with Crippen LogP contribution in [0.25, 0.3) is 0 Å². The van der Waals surface area contributed by atoms with Crippen LogP contribution in [0.1, 0.15) is 156 Å². The predicted octanol–water partition coefficient (Wildman–Crippen LogP) is 10.6. The van der Waals surface area contributed by atoms with E-state index < -0.39 is 7.26 Å². The Labute approximate surface area is 188 Å².